The van der Waals surface area contributed by atoms with Gasteiger partial charge in [0.05, 0.1) is 12.2 Å². The van der Waals surface area contributed by atoms with Crippen LogP contribution >= 0.6 is 0 Å². The third-order valence-electron chi connectivity index (χ3n) is 3.20. The van der Waals surface area contributed by atoms with Crippen molar-refractivity contribution in [2.45, 2.75) is 6.54 Å². The molecule has 1 aromatic heterocycles. The fourth-order valence-electron chi connectivity index (χ4n) is 2.09. The van der Waals surface area contributed by atoms with E-state index in [-0.39, 0.29) is 12.4 Å². The number of halogens is 1. The molecule has 0 unspecified atom stereocenters. The van der Waals surface area contributed by atoms with Crippen molar-refractivity contribution in [3.63, 3.8) is 0 Å². The maximum Gasteiger partial charge on any atom is 0.184 e. The maximum atomic E-state index is 12.9. The minimum Gasteiger partial charge on any atom is -0.359 e. The van der Waals surface area contributed by atoms with Crippen LogP contribution in [-0.4, -0.2) is 5.16 Å². The molecule has 108 valence electrons. The first-order chi connectivity index (χ1) is 10.8. The average Bonchev–Trinajstić information content (AvgIpc) is 3.03. The van der Waals surface area contributed by atoms with Crippen molar-refractivity contribution >= 4 is 5.69 Å². The van der Waals surface area contributed by atoms with Gasteiger partial charge in [0.15, 0.2) is 12.0 Å². The SMILES string of the molecule is N#CN(Cc1cc(-c2ccccc2)no1)c1ccc(F)cc1. The molecule has 0 fully saturated rings. The molecule has 0 N–H and O–H groups in total. The molecule has 2 aromatic carbocycles. The Morgan fingerprint density at radius 2 is 1.82 bits per heavy atom. The van der Waals surface area contributed by atoms with E-state index in [4.69, 9.17) is 4.52 Å². The van der Waals surface area contributed by atoms with E-state index in [1.54, 1.807) is 18.2 Å². The first-order valence-corrected chi connectivity index (χ1v) is 6.70. The molecule has 22 heavy (non-hydrogen) atoms. The van der Waals surface area contributed by atoms with E-state index in [2.05, 4.69) is 11.3 Å². The molecular weight excluding hydrogens is 281 g/mol. The third kappa shape index (κ3) is 2.96. The number of benzene rings is 2. The van der Waals surface area contributed by atoms with Gasteiger partial charge >= 0.3 is 0 Å². The van der Waals surface area contributed by atoms with Gasteiger partial charge in [-0.2, -0.15) is 5.26 Å². The van der Waals surface area contributed by atoms with Gasteiger partial charge < -0.3 is 4.52 Å². The van der Waals surface area contributed by atoms with Crippen molar-refractivity contribution in [1.82, 2.24) is 5.16 Å². The van der Waals surface area contributed by atoms with E-state index in [0.29, 0.717) is 17.1 Å². The molecule has 0 radical (unpaired) electrons. The van der Waals surface area contributed by atoms with Crippen molar-refractivity contribution in [1.29, 1.82) is 5.26 Å². The molecule has 0 atom stereocenters. The summed E-state index contributed by atoms with van der Waals surface area (Å²) in [6, 6.07) is 17.2. The largest absolute Gasteiger partial charge is 0.359 e. The summed E-state index contributed by atoms with van der Waals surface area (Å²) in [4.78, 5) is 1.41. The Morgan fingerprint density at radius 1 is 1.09 bits per heavy atom. The smallest absolute Gasteiger partial charge is 0.184 e. The Labute approximate surface area is 127 Å². The Morgan fingerprint density at radius 3 is 2.50 bits per heavy atom. The van der Waals surface area contributed by atoms with Crippen LogP contribution in [0.3, 0.4) is 0 Å². The van der Waals surface area contributed by atoms with Crippen LogP contribution in [-0.2, 0) is 6.54 Å². The van der Waals surface area contributed by atoms with Crippen LogP contribution < -0.4 is 4.90 Å². The van der Waals surface area contributed by atoms with Gasteiger partial charge in [0.2, 0.25) is 0 Å². The number of anilines is 1. The van der Waals surface area contributed by atoms with E-state index in [0.717, 1.165) is 5.56 Å². The molecule has 4 nitrogen and oxygen atoms in total. The second-order valence-corrected chi connectivity index (χ2v) is 4.71. The minimum absolute atomic E-state index is 0.238. The highest BCUT2D eigenvalue weighted by molar-refractivity contribution is 5.59. The molecule has 1 heterocycles. The third-order valence-corrected chi connectivity index (χ3v) is 3.20. The van der Waals surface area contributed by atoms with Gasteiger partial charge in [-0.05, 0) is 24.3 Å². The van der Waals surface area contributed by atoms with Crippen molar-refractivity contribution in [2.75, 3.05) is 4.90 Å². The van der Waals surface area contributed by atoms with Gasteiger partial charge in [0, 0.05) is 11.6 Å². The Hall–Kier alpha value is -3.13. The lowest BCUT2D eigenvalue weighted by Gasteiger charge is -2.13. The molecule has 0 saturated carbocycles. The van der Waals surface area contributed by atoms with Crippen LogP contribution in [0.5, 0.6) is 0 Å². The Balaban J connectivity index is 1.79. The highest BCUT2D eigenvalue weighted by Gasteiger charge is 2.12. The number of nitrogens with zero attached hydrogens (tertiary/aromatic N) is 3. The van der Waals surface area contributed by atoms with Crippen molar-refractivity contribution in [3.8, 4) is 17.5 Å². The first-order valence-electron chi connectivity index (χ1n) is 6.70. The monoisotopic (exact) mass is 293 g/mol. The Bertz CT molecular complexity index is 791. The minimum atomic E-state index is -0.340. The normalized spacial score (nSPS) is 10.2. The van der Waals surface area contributed by atoms with Crippen LogP contribution in [0.15, 0.2) is 65.2 Å². The van der Waals surface area contributed by atoms with Crippen LogP contribution in [0.1, 0.15) is 5.76 Å². The summed E-state index contributed by atoms with van der Waals surface area (Å²) in [7, 11) is 0. The highest BCUT2D eigenvalue weighted by atomic mass is 19.1. The van der Waals surface area contributed by atoms with E-state index in [9.17, 15) is 9.65 Å². The second kappa shape index (κ2) is 6.10. The zero-order chi connectivity index (χ0) is 15.4. The predicted octanol–water partition coefficient (Wildman–Crippen LogP) is 3.97. The quantitative estimate of drug-likeness (QED) is 0.539. The number of nitriles is 1. The molecule has 3 aromatic rings. The van der Waals surface area contributed by atoms with E-state index in [1.807, 2.05) is 30.3 Å². The molecule has 0 bridgehead atoms. The highest BCUT2D eigenvalue weighted by Crippen LogP contribution is 2.21. The lowest BCUT2D eigenvalue weighted by Crippen LogP contribution is -2.15. The molecule has 0 aliphatic heterocycles. The zero-order valence-electron chi connectivity index (χ0n) is 11.6. The first kappa shape index (κ1) is 13.8. The number of rotatable bonds is 4. The predicted molar refractivity (Wildman–Crippen MR) is 80.1 cm³/mol. The fourth-order valence-corrected chi connectivity index (χ4v) is 2.09. The second-order valence-electron chi connectivity index (χ2n) is 4.71. The van der Waals surface area contributed by atoms with Gasteiger partial charge in [0.1, 0.15) is 11.5 Å². The van der Waals surface area contributed by atoms with E-state index >= 15 is 0 Å². The molecule has 0 saturated heterocycles. The summed E-state index contributed by atoms with van der Waals surface area (Å²) in [5, 5.41) is 13.3. The Kier molecular flexibility index (Phi) is 3.84. The molecule has 0 amide bonds. The van der Waals surface area contributed by atoms with E-state index < -0.39 is 0 Å². The molecule has 3 rings (SSSR count). The molecular formula is C17H12FN3O. The molecule has 5 heteroatoms. The van der Waals surface area contributed by atoms with Gasteiger partial charge in [-0.3, -0.25) is 4.90 Å². The van der Waals surface area contributed by atoms with Gasteiger partial charge in [0.25, 0.3) is 0 Å². The standard InChI is InChI=1S/C17H12FN3O/c18-14-6-8-15(9-7-14)21(12-19)11-16-10-17(20-22-16)13-4-2-1-3-5-13/h1-10H,11H2. The number of hydrogen-bond donors (Lipinski definition) is 0. The summed E-state index contributed by atoms with van der Waals surface area (Å²) in [5.41, 5.74) is 2.26. The molecule has 0 aliphatic rings. The number of hydrogen-bond acceptors (Lipinski definition) is 4. The van der Waals surface area contributed by atoms with Crippen LogP contribution in [0.4, 0.5) is 10.1 Å². The van der Waals surface area contributed by atoms with Crippen LogP contribution in [0, 0.1) is 17.3 Å². The topological polar surface area (TPSA) is 53.1 Å². The average molecular weight is 293 g/mol. The zero-order valence-corrected chi connectivity index (χ0v) is 11.6. The summed E-state index contributed by atoms with van der Waals surface area (Å²) in [6.07, 6.45) is 2.06. The summed E-state index contributed by atoms with van der Waals surface area (Å²) in [5.74, 6) is 0.220. The summed E-state index contributed by atoms with van der Waals surface area (Å²) in [6.45, 7) is 0.238. The van der Waals surface area contributed by atoms with Crippen molar-refractivity contribution in [2.24, 2.45) is 0 Å². The summed E-state index contributed by atoms with van der Waals surface area (Å²) < 4.78 is 18.2. The van der Waals surface area contributed by atoms with Gasteiger partial charge in [-0.25, -0.2) is 4.39 Å². The van der Waals surface area contributed by atoms with Crippen molar-refractivity contribution in [3.05, 3.63) is 72.2 Å². The number of aromatic nitrogens is 1. The van der Waals surface area contributed by atoms with Crippen LogP contribution in [0.2, 0.25) is 0 Å². The fraction of sp³-hybridized carbons (Fsp3) is 0.0588. The van der Waals surface area contributed by atoms with Crippen LogP contribution in [0.25, 0.3) is 11.3 Å². The lowest BCUT2D eigenvalue weighted by molar-refractivity contribution is 0.386. The van der Waals surface area contributed by atoms with Gasteiger partial charge in [-0.15, -0.1) is 0 Å². The van der Waals surface area contributed by atoms with Gasteiger partial charge in [-0.1, -0.05) is 35.5 Å². The maximum absolute atomic E-state index is 12.9. The van der Waals surface area contributed by atoms with Crippen molar-refractivity contribution < 1.29 is 8.91 Å². The molecule has 0 spiro atoms. The summed E-state index contributed by atoms with van der Waals surface area (Å²) >= 11 is 0. The van der Waals surface area contributed by atoms with E-state index in [1.165, 1.54) is 17.0 Å². The lowest BCUT2D eigenvalue weighted by atomic mass is 10.1. The molecule has 0 aliphatic carbocycles.